The van der Waals surface area contributed by atoms with Crippen molar-refractivity contribution in [1.82, 2.24) is 5.32 Å². The number of aliphatic hydroxyl groups excluding tert-OH is 1. The van der Waals surface area contributed by atoms with Gasteiger partial charge in [-0.25, -0.2) is 9.38 Å². The number of hydrogen-bond acceptors (Lipinski definition) is 5. The first-order valence-electron chi connectivity index (χ1n) is 9.94. The Hall–Kier alpha value is -2.31. The van der Waals surface area contributed by atoms with Gasteiger partial charge in [0.05, 0.1) is 35.6 Å². The Morgan fingerprint density at radius 1 is 1.28 bits per heavy atom. The molecule has 2 saturated carbocycles. The summed E-state index contributed by atoms with van der Waals surface area (Å²) >= 11 is 6.45. The molecule has 0 saturated heterocycles. The number of aliphatic hydroxyl groups is 1. The molecule has 2 fully saturated rings. The predicted molar refractivity (Wildman–Crippen MR) is 112 cm³/mol. The van der Waals surface area contributed by atoms with Gasteiger partial charge in [0.15, 0.2) is 0 Å². The molecule has 2 aromatic carbocycles. The van der Waals surface area contributed by atoms with Gasteiger partial charge in [0.25, 0.3) is 0 Å². The maximum Gasteiger partial charge on any atom is 0.232 e. The van der Waals surface area contributed by atoms with Crippen LogP contribution in [0.1, 0.15) is 42.7 Å². The van der Waals surface area contributed by atoms with Crippen LogP contribution in [0, 0.1) is 0 Å². The molecule has 1 unspecified atom stereocenters. The normalized spacial score (nSPS) is 22.0. The third-order valence-corrected chi connectivity index (χ3v) is 6.14. The highest BCUT2D eigenvalue weighted by atomic mass is 35.5. The number of aliphatic imine (C=N–C) groups is 1. The first-order valence-corrected chi connectivity index (χ1v) is 10.3. The van der Waals surface area contributed by atoms with Crippen molar-refractivity contribution in [3.63, 3.8) is 0 Å². The van der Waals surface area contributed by atoms with Crippen LogP contribution in [-0.2, 0) is 0 Å². The zero-order chi connectivity index (χ0) is 20.2. The average Bonchev–Trinajstić information content (AvgIpc) is 3.63. The zero-order valence-electron chi connectivity index (χ0n) is 16.2. The first kappa shape index (κ1) is 18.7. The number of benzene rings is 2. The number of fused-ring (bicyclic) bond motifs is 1. The summed E-state index contributed by atoms with van der Waals surface area (Å²) in [7, 11) is 1.62. The molecule has 1 atom stereocenters. The molecule has 5 rings (SSSR count). The third-order valence-electron chi connectivity index (χ3n) is 5.82. The summed E-state index contributed by atoms with van der Waals surface area (Å²) in [6.45, 7) is 0.164. The molecule has 2 aliphatic carbocycles. The van der Waals surface area contributed by atoms with Crippen LogP contribution in [0.4, 0.5) is 15.8 Å². The molecule has 3 aliphatic rings. The summed E-state index contributed by atoms with van der Waals surface area (Å²) in [4.78, 5) is 6.14. The number of alkyl halides is 1. The van der Waals surface area contributed by atoms with Gasteiger partial charge < -0.3 is 15.2 Å². The summed E-state index contributed by atoms with van der Waals surface area (Å²) in [6, 6.07) is 11.4. The summed E-state index contributed by atoms with van der Waals surface area (Å²) in [5.74, 6) is 1.59. The van der Waals surface area contributed by atoms with E-state index < -0.39 is 12.0 Å². The topological polar surface area (TPSA) is 57.1 Å². The van der Waals surface area contributed by atoms with E-state index in [-0.39, 0.29) is 6.54 Å². The van der Waals surface area contributed by atoms with Crippen molar-refractivity contribution in [3.05, 3.63) is 52.5 Å². The van der Waals surface area contributed by atoms with Crippen molar-refractivity contribution >= 4 is 28.8 Å². The first-order chi connectivity index (χ1) is 14.0. The fourth-order valence-electron chi connectivity index (χ4n) is 3.81. The second-order valence-electron chi connectivity index (χ2n) is 8.04. The summed E-state index contributed by atoms with van der Waals surface area (Å²) in [6.07, 6.45) is 2.19. The molecule has 2 N–H and O–H groups in total. The van der Waals surface area contributed by atoms with E-state index in [9.17, 15) is 9.50 Å². The van der Waals surface area contributed by atoms with Crippen molar-refractivity contribution in [1.29, 1.82) is 0 Å². The SMILES string of the molecule is COc1cc(C2CC2)cc2c1C(NCC1(F)CC1)=NC(O)N2c1ccccc1Cl. The van der Waals surface area contributed by atoms with E-state index in [2.05, 4.69) is 16.4 Å². The molecule has 152 valence electrons. The van der Waals surface area contributed by atoms with Crippen LogP contribution in [-0.4, -0.2) is 36.6 Å². The highest BCUT2D eigenvalue weighted by molar-refractivity contribution is 6.33. The number of ether oxygens (including phenoxy) is 1. The van der Waals surface area contributed by atoms with E-state index in [1.165, 1.54) is 0 Å². The van der Waals surface area contributed by atoms with Gasteiger partial charge in [0.2, 0.25) is 6.35 Å². The number of halogens is 2. The summed E-state index contributed by atoms with van der Waals surface area (Å²) in [5, 5.41) is 14.5. The summed E-state index contributed by atoms with van der Waals surface area (Å²) in [5.41, 5.74) is 2.11. The van der Waals surface area contributed by atoms with Crippen LogP contribution in [0.3, 0.4) is 0 Å². The van der Waals surface area contributed by atoms with Gasteiger partial charge in [-0.05, 0) is 61.4 Å². The Bertz CT molecular complexity index is 988. The molecule has 7 heteroatoms. The number of nitrogens with one attached hydrogen (secondary N) is 1. The smallest absolute Gasteiger partial charge is 0.232 e. The van der Waals surface area contributed by atoms with Crippen molar-refractivity contribution in [3.8, 4) is 5.75 Å². The van der Waals surface area contributed by atoms with Gasteiger partial charge in [-0.15, -0.1) is 0 Å². The monoisotopic (exact) mass is 415 g/mol. The minimum atomic E-state index is -1.19. The summed E-state index contributed by atoms with van der Waals surface area (Å²) < 4.78 is 19.9. The van der Waals surface area contributed by atoms with Gasteiger partial charge in [-0.3, -0.25) is 4.90 Å². The Balaban J connectivity index is 1.64. The van der Waals surface area contributed by atoms with Crippen LogP contribution in [0.15, 0.2) is 41.4 Å². The standard InChI is InChI=1S/C22H23ClFN3O2/c1-29-18-11-14(13-6-7-13)10-17-19(18)20(25-12-22(24)8-9-22)26-21(28)27(17)16-5-3-2-4-15(16)23/h2-5,10-11,13,21,28H,6-9,12H2,1H3,(H,25,26). The molecular weight excluding hydrogens is 393 g/mol. The fourth-order valence-corrected chi connectivity index (χ4v) is 4.04. The van der Waals surface area contributed by atoms with Gasteiger partial charge in [-0.2, -0.15) is 0 Å². The van der Waals surface area contributed by atoms with E-state index in [1.54, 1.807) is 18.1 Å². The van der Waals surface area contributed by atoms with Crippen LogP contribution < -0.4 is 15.0 Å². The maximum atomic E-state index is 14.2. The Kier molecular flexibility index (Phi) is 4.44. The highest BCUT2D eigenvalue weighted by Crippen LogP contribution is 2.48. The Morgan fingerprint density at radius 3 is 2.69 bits per heavy atom. The molecule has 0 radical (unpaired) electrons. The second kappa shape index (κ2) is 6.89. The van der Waals surface area contributed by atoms with Crippen molar-refractivity contribution < 1.29 is 14.2 Å². The number of para-hydroxylation sites is 1. The highest BCUT2D eigenvalue weighted by Gasteiger charge is 2.44. The molecule has 1 aliphatic heterocycles. The minimum Gasteiger partial charge on any atom is -0.496 e. The Morgan fingerprint density at radius 2 is 2.03 bits per heavy atom. The maximum absolute atomic E-state index is 14.2. The van der Waals surface area contributed by atoms with Crippen molar-refractivity contribution in [2.24, 2.45) is 4.99 Å². The van der Waals surface area contributed by atoms with Crippen LogP contribution in [0.2, 0.25) is 5.02 Å². The van der Waals surface area contributed by atoms with Crippen LogP contribution in [0.25, 0.3) is 0 Å². The minimum absolute atomic E-state index is 0.164. The molecule has 0 bridgehead atoms. The lowest BCUT2D eigenvalue weighted by molar-refractivity contribution is 0.188. The van der Waals surface area contributed by atoms with Gasteiger partial charge in [0, 0.05) is 0 Å². The number of methoxy groups -OCH3 is 1. The fraction of sp³-hybridized carbons (Fsp3) is 0.409. The molecule has 1 heterocycles. The number of nitrogens with zero attached hydrogens (tertiary/aromatic N) is 2. The predicted octanol–water partition coefficient (Wildman–Crippen LogP) is 4.49. The molecule has 2 aromatic rings. The largest absolute Gasteiger partial charge is 0.496 e. The Labute approximate surface area is 174 Å². The van der Waals surface area contributed by atoms with Crippen molar-refractivity contribution in [2.75, 3.05) is 18.6 Å². The van der Waals surface area contributed by atoms with E-state index in [1.807, 2.05) is 24.3 Å². The number of amidine groups is 1. The average molecular weight is 416 g/mol. The van der Waals surface area contributed by atoms with Crippen LogP contribution in [0.5, 0.6) is 5.75 Å². The van der Waals surface area contributed by atoms with Crippen LogP contribution >= 0.6 is 11.6 Å². The zero-order valence-corrected chi connectivity index (χ0v) is 16.9. The second-order valence-corrected chi connectivity index (χ2v) is 8.45. The molecule has 5 nitrogen and oxygen atoms in total. The van der Waals surface area contributed by atoms with E-state index in [4.69, 9.17) is 16.3 Å². The molecule has 0 aromatic heterocycles. The van der Waals surface area contributed by atoms with Gasteiger partial charge in [-0.1, -0.05) is 23.7 Å². The van der Waals surface area contributed by atoms with E-state index >= 15 is 0 Å². The number of anilines is 2. The van der Waals surface area contributed by atoms with Gasteiger partial charge in [0.1, 0.15) is 17.3 Å². The lowest BCUT2D eigenvalue weighted by Gasteiger charge is -2.35. The molecular formula is C22H23ClFN3O2. The van der Waals surface area contributed by atoms with E-state index in [0.29, 0.717) is 46.6 Å². The number of rotatable bonds is 5. The molecule has 0 spiro atoms. The third kappa shape index (κ3) is 3.45. The number of hydrogen-bond donors (Lipinski definition) is 2. The quantitative estimate of drug-likeness (QED) is 0.755. The lowest BCUT2D eigenvalue weighted by atomic mass is 10.0. The lowest BCUT2D eigenvalue weighted by Crippen LogP contribution is -2.41. The van der Waals surface area contributed by atoms with Gasteiger partial charge >= 0.3 is 0 Å². The van der Waals surface area contributed by atoms with Crippen molar-refractivity contribution in [2.45, 2.75) is 43.6 Å². The van der Waals surface area contributed by atoms with E-state index in [0.717, 1.165) is 24.1 Å². The molecule has 29 heavy (non-hydrogen) atoms. The molecule has 0 amide bonds.